The standard InChI is InChI=1S/C28H26F3NO6S2/c1-19-13-20(2)27(21(3)14-19)39(33,34)32(18-25-10-6-12-37-25)17-22-7-4-9-24(15-22)38-40(35,36)26-11-5-8-23(16-26)28(29,30)31/h4-16H,17-18H2,1-3H3. The van der Waals surface area contributed by atoms with Gasteiger partial charge in [0.15, 0.2) is 0 Å². The predicted molar refractivity (Wildman–Crippen MR) is 141 cm³/mol. The van der Waals surface area contributed by atoms with E-state index >= 15 is 0 Å². The number of hydrogen-bond acceptors (Lipinski definition) is 6. The molecule has 0 fully saturated rings. The van der Waals surface area contributed by atoms with E-state index in [-0.39, 0.29) is 23.7 Å². The smallest absolute Gasteiger partial charge is 0.416 e. The fourth-order valence-electron chi connectivity index (χ4n) is 4.41. The molecule has 4 rings (SSSR count). The van der Waals surface area contributed by atoms with Crippen LogP contribution >= 0.6 is 0 Å². The van der Waals surface area contributed by atoms with Crippen LogP contribution in [0.4, 0.5) is 13.2 Å². The van der Waals surface area contributed by atoms with Gasteiger partial charge in [-0.3, -0.25) is 0 Å². The van der Waals surface area contributed by atoms with Gasteiger partial charge in [0.05, 0.1) is 23.3 Å². The highest BCUT2D eigenvalue weighted by Gasteiger charge is 2.32. The average Bonchev–Trinajstić information content (AvgIpc) is 3.36. The van der Waals surface area contributed by atoms with Gasteiger partial charge in [0.25, 0.3) is 0 Å². The maximum atomic E-state index is 13.9. The quantitative estimate of drug-likeness (QED) is 0.209. The zero-order chi connectivity index (χ0) is 29.3. The van der Waals surface area contributed by atoms with E-state index in [0.717, 1.165) is 23.8 Å². The lowest BCUT2D eigenvalue weighted by Gasteiger charge is -2.24. The molecule has 1 heterocycles. The number of halogens is 3. The van der Waals surface area contributed by atoms with Crippen LogP contribution in [0.3, 0.4) is 0 Å². The second-order valence-electron chi connectivity index (χ2n) is 9.29. The second kappa shape index (κ2) is 11.1. The van der Waals surface area contributed by atoms with E-state index in [2.05, 4.69) is 0 Å². The van der Waals surface area contributed by atoms with Crippen molar-refractivity contribution >= 4 is 20.1 Å². The molecule has 4 aromatic rings. The Morgan fingerprint density at radius 1 is 0.825 bits per heavy atom. The highest BCUT2D eigenvalue weighted by atomic mass is 32.2. The Labute approximate surface area is 231 Å². The van der Waals surface area contributed by atoms with Gasteiger partial charge in [-0.25, -0.2) is 8.42 Å². The van der Waals surface area contributed by atoms with Gasteiger partial charge in [0, 0.05) is 6.54 Å². The highest BCUT2D eigenvalue weighted by molar-refractivity contribution is 7.89. The summed E-state index contributed by atoms with van der Waals surface area (Å²) in [5.41, 5.74) is 1.32. The van der Waals surface area contributed by atoms with E-state index < -0.39 is 36.8 Å². The van der Waals surface area contributed by atoms with Crippen molar-refractivity contribution in [3.63, 3.8) is 0 Å². The second-order valence-corrected chi connectivity index (χ2v) is 12.7. The van der Waals surface area contributed by atoms with Crippen molar-refractivity contribution in [1.82, 2.24) is 4.31 Å². The number of alkyl halides is 3. The molecular weight excluding hydrogens is 567 g/mol. The third-order valence-electron chi connectivity index (χ3n) is 6.03. The molecule has 0 aliphatic carbocycles. The van der Waals surface area contributed by atoms with Crippen molar-refractivity contribution in [3.05, 3.63) is 113 Å². The predicted octanol–water partition coefficient (Wildman–Crippen LogP) is 6.38. The molecule has 212 valence electrons. The summed E-state index contributed by atoms with van der Waals surface area (Å²) in [6.07, 6.45) is -3.31. The molecule has 0 radical (unpaired) electrons. The average molecular weight is 594 g/mol. The van der Waals surface area contributed by atoms with Gasteiger partial charge in [0.1, 0.15) is 16.4 Å². The first-order valence-corrected chi connectivity index (χ1v) is 14.8. The van der Waals surface area contributed by atoms with Crippen LogP contribution in [0.25, 0.3) is 0 Å². The lowest BCUT2D eigenvalue weighted by Crippen LogP contribution is -2.31. The summed E-state index contributed by atoms with van der Waals surface area (Å²) < 4.78 is 104. The fraction of sp³-hybridized carbons (Fsp3) is 0.214. The third kappa shape index (κ3) is 6.57. The van der Waals surface area contributed by atoms with Crippen molar-refractivity contribution in [2.24, 2.45) is 0 Å². The molecule has 0 bridgehead atoms. The first-order valence-electron chi connectivity index (χ1n) is 12.0. The van der Waals surface area contributed by atoms with Crippen LogP contribution in [0.2, 0.25) is 0 Å². The molecular formula is C28H26F3NO6S2. The maximum absolute atomic E-state index is 13.9. The van der Waals surface area contributed by atoms with Crippen molar-refractivity contribution in [1.29, 1.82) is 0 Å². The largest absolute Gasteiger partial charge is 0.468 e. The summed E-state index contributed by atoms with van der Waals surface area (Å²) in [5, 5.41) is 0. The first kappa shape index (κ1) is 29.4. The number of furan rings is 1. The van der Waals surface area contributed by atoms with E-state index in [0.29, 0.717) is 28.5 Å². The molecule has 12 heteroatoms. The van der Waals surface area contributed by atoms with Crippen molar-refractivity contribution in [3.8, 4) is 5.75 Å². The topological polar surface area (TPSA) is 93.9 Å². The van der Waals surface area contributed by atoms with Gasteiger partial charge < -0.3 is 8.60 Å². The Morgan fingerprint density at radius 2 is 1.50 bits per heavy atom. The van der Waals surface area contributed by atoms with E-state index in [9.17, 15) is 30.0 Å². The summed E-state index contributed by atoms with van der Waals surface area (Å²) in [6, 6.07) is 15.7. The molecule has 0 saturated heterocycles. The number of hydrogen-bond donors (Lipinski definition) is 0. The van der Waals surface area contributed by atoms with E-state index in [1.807, 2.05) is 6.92 Å². The van der Waals surface area contributed by atoms with Crippen LogP contribution in [-0.2, 0) is 39.4 Å². The fourth-order valence-corrected chi connectivity index (χ4v) is 7.18. The molecule has 0 aliphatic rings. The van der Waals surface area contributed by atoms with Crippen LogP contribution in [0.15, 0.2) is 93.3 Å². The molecule has 0 atom stereocenters. The molecule has 0 N–H and O–H groups in total. The number of sulfonamides is 1. The molecule has 0 amide bonds. The highest BCUT2D eigenvalue weighted by Crippen LogP contribution is 2.32. The Morgan fingerprint density at radius 3 is 2.12 bits per heavy atom. The molecule has 0 spiro atoms. The number of nitrogens with zero attached hydrogens (tertiary/aromatic N) is 1. The van der Waals surface area contributed by atoms with E-state index in [1.54, 1.807) is 44.2 Å². The summed E-state index contributed by atoms with van der Waals surface area (Å²) in [6.45, 7) is 5.03. The summed E-state index contributed by atoms with van der Waals surface area (Å²) >= 11 is 0. The van der Waals surface area contributed by atoms with Crippen LogP contribution in [-0.4, -0.2) is 21.1 Å². The number of rotatable bonds is 9. The SMILES string of the molecule is Cc1cc(C)c(S(=O)(=O)N(Cc2cccc(OS(=O)(=O)c3cccc(C(F)(F)F)c3)c2)Cc2ccco2)c(C)c1. The molecule has 7 nitrogen and oxygen atoms in total. The zero-order valence-corrected chi connectivity index (χ0v) is 23.4. The van der Waals surface area contributed by atoms with Crippen molar-refractivity contribution in [2.75, 3.05) is 0 Å². The minimum atomic E-state index is -4.73. The van der Waals surface area contributed by atoms with Gasteiger partial charge >= 0.3 is 16.3 Å². The lowest BCUT2D eigenvalue weighted by atomic mass is 10.1. The molecule has 40 heavy (non-hydrogen) atoms. The number of benzene rings is 3. The van der Waals surface area contributed by atoms with Crippen LogP contribution < -0.4 is 4.18 Å². The normalized spacial score (nSPS) is 12.6. The van der Waals surface area contributed by atoms with Gasteiger partial charge in [-0.2, -0.15) is 25.9 Å². The molecule has 0 unspecified atom stereocenters. The van der Waals surface area contributed by atoms with Crippen LogP contribution in [0.1, 0.15) is 33.6 Å². The van der Waals surface area contributed by atoms with Crippen molar-refractivity contribution in [2.45, 2.75) is 49.8 Å². The Bertz CT molecular complexity index is 1710. The van der Waals surface area contributed by atoms with Crippen LogP contribution in [0, 0.1) is 20.8 Å². The van der Waals surface area contributed by atoms with E-state index in [1.165, 1.54) is 28.8 Å². The number of aryl methyl sites for hydroxylation is 3. The summed E-state index contributed by atoms with van der Waals surface area (Å²) in [7, 11) is -8.67. The monoisotopic (exact) mass is 593 g/mol. The minimum Gasteiger partial charge on any atom is -0.468 e. The molecule has 0 aliphatic heterocycles. The zero-order valence-electron chi connectivity index (χ0n) is 21.8. The van der Waals surface area contributed by atoms with Gasteiger partial charge in [-0.15, -0.1) is 0 Å². The Kier molecular flexibility index (Phi) is 8.16. The maximum Gasteiger partial charge on any atom is 0.416 e. The van der Waals surface area contributed by atoms with Gasteiger partial charge in [-0.1, -0.05) is 35.9 Å². The first-order chi connectivity index (χ1) is 18.7. The minimum absolute atomic E-state index is 0.101. The van der Waals surface area contributed by atoms with Crippen molar-refractivity contribution < 1.29 is 38.6 Å². The summed E-state index contributed by atoms with van der Waals surface area (Å²) in [5.74, 6) is 0.207. The Hall–Kier alpha value is -3.61. The third-order valence-corrected chi connectivity index (χ3v) is 9.37. The molecule has 3 aromatic carbocycles. The summed E-state index contributed by atoms with van der Waals surface area (Å²) in [4.78, 5) is -0.510. The Balaban J connectivity index is 1.66. The lowest BCUT2D eigenvalue weighted by molar-refractivity contribution is -0.137. The van der Waals surface area contributed by atoms with Gasteiger partial charge in [-0.05, 0) is 79.9 Å². The molecule has 0 saturated carbocycles. The van der Waals surface area contributed by atoms with Crippen LogP contribution in [0.5, 0.6) is 5.75 Å². The molecule has 1 aromatic heterocycles. The van der Waals surface area contributed by atoms with E-state index in [4.69, 9.17) is 8.60 Å². The van der Waals surface area contributed by atoms with Gasteiger partial charge in [0.2, 0.25) is 10.0 Å².